The van der Waals surface area contributed by atoms with Gasteiger partial charge in [0.2, 0.25) is 0 Å². The van der Waals surface area contributed by atoms with E-state index in [4.69, 9.17) is 14.2 Å². The lowest BCUT2D eigenvalue weighted by atomic mass is 9.99. The van der Waals surface area contributed by atoms with Crippen molar-refractivity contribution in [1.82, 2.24) is 14.9 Å². The van der Waals surface area contributed by atoms with Crippen molar-refractivity contribution in [2.24, 2.45) is 0 Å². The van der Waals surface area contributed by atoms with Crippen molar-refractivity contribution in [3.63, 3.8) is 0 Å². The lowest BCUT2D eigenvalue weighted by molar-refractivity contribution is 0.238. The highest BCUT2D eigenvalue weighted by Crippen LogP contribution is 2.33. The van der Waals surface area contributed by atoms with E-state index in [1.165, 1.54) is 14.2 Å². The first kappa shape index (κ1) is 19.1. The minimum absolute atomic E-state index is 0.157. The van der Waals surface area contributed by atoms with Crippen molar-refractivity contribution >= 4 is 10.9 Å². The lowest BCUT2D eigenvalue weighted by Gasteiger charge is -2.28. The largest absolute Gasteiger partial charge is 0.504 e. The van der Waals surface area contributed by atoms with Gasteiger partial charge in [-0.1, -0.05) is 0 Å². The van der Waals surface area contributed by atoms with Crippen LogP contribution in [-0.4, -0.2) is 47.8 Å². The fourth-order valence-electron chi connectivity index (χ4n) is 3.73. The summed E-state index contributed by atoms with van der Waals surface area (Å²) in [6, 6.07) is 6.98. The molecule has 29 heavy (non-hydrogen) atoms. The van der Waals surface area contributed by atoms with Crippen LogP contribution in [0.1, 0.15) is 17.0 Å². The molecule has 8 heteroatoms. The van der Waals surface area contributed by atoms with Crippen molar-refractivity contribution in [3.05, 3.63) is 51.6 Å². The predicted octanol–water partition coefficient (Wildman–Crippen LogP) is 2.21. The molecule has 0 atom stereocenters. The summed E-state index contributed by atoms with van der Waals surface area (Å²) in [6.07, 6.45) is 0.801. The van der Waals surface area contributed by atoms with Crippen LogP contribution in [0.4, 0.5) is 0 Å². The number of ether oxygens (including phenoxy) is 3. The molecule has 0 fully saturated rings. The number of methoxy groups -OCH3 is 3. The Labute approximate surface area is 167 Å². The van der Waals surface area contributed by atoms with Gasteiger partial charge in [-0.15, -0.1) is 0 Å². The average molecular weight is 397 g/mol. The summed E-state index contributed by atoms with van der Waals surface area (Å²) >= 11 is 0. The third-order valence-corrected chi connectivity index (χ3v) is 5.23. The van der Waals surface area contributed by atoms with Crippen LogP contribution in [0.25, 0.3) is 10.9 Å². The molecule has 0 saturated carbocycles. The van der Waals surface area contributed by atoms with Crippen molar-refractivity contribution in [3.8, 4) is 23.0 Å². The van der Waals surface area contributed by atoms with Gasteiger partial charge in [0.25, 0.3) is 5.56 Å². The number of nitrogens with one attached hydrogen (secondary N) is 1. The first-order valence-electron chi connectivity index (χ1n) is 9.28. The van der Waals surface area contributed by atoms with E-state index in [0.717, 1.165) is 24.1 Å². The Kier molecular flexibility index (Phi) is 5.02. The number of phenols is 1. The molecule has 0 radical (unpaired) electrons. The Morgan fingerprint density at radius 2 is 1.76 bits per heavy atom. The molecule has 3 aromatic rings. The maximum absolute atomic E-state index is 12.6. The zero-order chi connectivity index (χ0) is 20.5. The second-order valence-electron chi connectivity index (χ2n) is 6.99. The molecule has 0 unspecified atom stereocenters. The first-order valence-corrected chi connectivity index (χ1v) is 9.28. The fourth-order valence-corrected chi connectivity index (χ4v) is 3.73. The van der Waals surface area contributed by atoms with Gasteiger partial charge in [-0.3, -0.25) is 9.69 Å². The molecule has 0 bridgehead atoms. The minimum Gasteiger partial charge on any atom is -0.504 e. The molecule has 0 saturated heterocycles. The number of aromatic hydroxyl groups is 1. The van der Waals surface area contributed by atoms with Crippen molar-refractivity contribution in [2.75, 3.05) is 27.9 Å². The highest BCUT2D eigenvalue weighted by Gasteiger charge is 2.20. The van der Waals surface area contributed by atoms with Crippen LogP contribution < -0.4 is 19.8 Å². The van der Waals surface area contributed by atoms with E-state index >= 15 is 0 Å². The molecule has 0 amide bonds. The number of H-pyrrole nitrogens is 1. The zero-order valence-electron chi connectivity index (χ0n) is 16.6. The number of aromatic amines is 1. The summed E-state index contributed by atoms with van der Waals surface area (Å²) in [5.41, 5.74) is 2.55. The van der Waals surface area contributed by atoms with Crippen LogP contribution in [0.5, 0.6) is 23.0 Å². The molecule has 4 rings (SSSR count). The quantitative estimate of drug-likeness (QED) is 0.681. The lowest BCUT2D eigenvalue weighted by Crippen LogP contribution is -2.31. The van der Waals surface area contributed by atoms with Crippen LogP contribution in [0.15, 0.2) is 29.1 Å². The molecule has 152 valence electrons. The summed E-state index contributed by atoms with van der Waals surface area (Å²) in [4.78, 5) is 22.3. The molecule has 1 aliphatic rings. The molecule has 2 N–H and O–H groups in total. The number of nitrogens with zero attached hydrogens (tertiary/aromatic N) is 2. The zero-order valence-corrected chi connectivity index (χ0v) is 16.6. The fraction of sp³-hybridized carbons (Fsp3) is 0.333. The van der Waals surface area contributed by atoms with E-state index in [-0.39, 0.29) is 11.3 Å². The third kappa shape index (κ3) is 3.58. The molecular weight excluding hydrogens is 374 g/mol. The smallest absolute Gasteiger partial charge is 0.258 e. The Morgan fingerprint density at radius 1 is 1.03 bits per heavy atom. The Balaban J connectivity index is 1.62. The van der Waals surface area contributed by atoms with E-state index in [1.54, 1.807) is 25.3 Å². The van der Waals surface area contributed by atoms with Crippen molar-refractivity contribution < 1.29 is 19.3 Å². The van der Waals surface area contributed by atoms with Crippen molar-refractivity contribution in [2.45, 2.75) is 19.5 Å². The molecule has 2 aromatic carbocycles. The number of phenolic OH excluding ortho intramolecular Hbond substituents is 1. The van der Waals surface area contributed by atoms with Crippen LogP contribution in [0, 0.1) is 0 Å². The summed E-state index contributed by atoms with van der Waals surface area (Å²) in [5.74, 6) is 2.23. The summed E-state index contributed by atoms with van der Waals surface area (Å²) in [7, 11) is 4.62. The normalized spacial score (nSPS) is 13.9. The molecule has 1 aromatic heterocycles. The van der Waals surface area contributed by atoms with Crippen molar-refractivity contribution in [1.29, 1.82) is 0 Å². The number of hydrogen-bond acceptors (Lipinski definition) is 7. The van der Waals surface area contributed by atoms with Gasteiger partial charge in [0, 0.05) is 19.2 Å². The van der Waals surface area contributed by atoms with Crippen LogP contribution in [0.2, 0.25) is 0 Å². The maximum atomic E-state index is 12.6. The van der Waals surface area contributed by atoms with Crippen LogP contribution in [0.3, 0.4) is 0 Å². The minimum atomic E-state index is -0.213. The van der Waals surface area contributed by atoms with Crippen LogP contribution in [-0.2, 0) is 19.5 Å². The van der Waals surface area contributed by atoms with E-state index in [2.05, 4.69) is 14.9 Å². The van der Waals surface area contributed by atoms with Gasteiger partial charge >= 0.3 is 0 Å². The van der Waals surface area contributed by atoms with Gasteiger partial charge < -0.3 is 24.3 Å². The monoisotopic (exact) mass is 397 g/mol. The summed E-state index contributed by atoms with van der Waals surface area (Å²) in [5, 5.41) is 10.4. The van der Waals surface area contributed by atoms with Gasteiger partial charge in [0.1, 0.15) is 5.82 Å². The Hall–Kier alpha value is -3.26. The number of fused-ring (bicyclic) bond motifs is 2. The van der Waals surface area contributed by atoms with Gasteiger partial charge in [-0.2, -0.15) is 0 Å². The summed E-state index contributed by atoms with van der Waals surface area (Å²) < 4.78 is 15.8. The van der Waals surface area contributed by atoms with Gasteiger partial charge in [-0.25, -0.2) is 4.98 Å². The third-order valence-electron chi connectivity index (χ3n) is 5.23. The second-order valence-corrected chi connectivity index (χ2v) is 6.99. The molecule has 1 aliphatic heterocycles. The van der Waals surface area contributed by atoms with Gasteiger partial charge in [0.05, 0.1) is 38.8 Å². The second kappa shape index (κ2) is 7.63. The summed E-state index contributed by atoms with van der Waals surface area (Å²) in [6.45, 7) is 1.98. The first-order chi connectivity index (χ1) is 14.0. The number of benzene rings is 2. The van der Waals surface area contributed by atoms with Gasteiger partial charge in [-0.05, 0) is 35.7 Å². The van der Waals surface area contributed by atoms with E-state index < -0.39 is 0 Å². The Bertz CT molecular complexity index is 1130. The highest BCUT2D eigenvalue weighted by atomic mass is 16.5. The molecule has 0 aliphatic carbocycles. The standard InChI is InChI=1S/C21H23N3O5/c1-27-17-7-13-10-24(5-4-12(13)6-16(17)25)11-20-22-15-9-19(29-3)18(28-2)8-14(15)21(26)23-20/h6-9,25H,4-5,10-11H2,1-3H3,(H,22,23,26). The molecular formula is C21H23N3O5. The Morgan fingerprint density at radius 3 is 2.48 bits per heavy atom. The molecule has 2 heterocycles. The van der Waals surface area contributed by atoms with E-state index in [9.17, 15) is 9.90 Å². The number of rotatable bonds is 5. The molecule has 0 spiro atoms. The number of hydrogen-bond donors (Lipinski definition) is 2. The highest BCUT2D eigenvalue weighted by molar-refractivity contribution is 5.81. The topological polar surface area (TPSA) is 96.9 Å². The number of aromatic nitrogens is 2. The van der Waals surface area contributed by atoms with E-state index in [1.807, 2.05) is 6.07 Å². The molecule has 8 nitrogen and oxygen atoms in total. The maximum Gasteiger partial charge on any atom is 0.258 e. The van der Waals surface area contributed by atoms with Gasteiger partial charge in [0.15, 0.2) is 23.0 Å². The van der Waals surface area contributed by atoms with E-state index in [0.29, 0.717) is 47.1 Å². The average Bonchev–Trinajstić information content (AvgIpc) is 2.72. The SMILES string of the molecule is COc1cc2c(cc1O)CCN(Cc1nc3cc(OC)c(OC)cc3c(=O)[nH]1)C2. The predicted molar refractivity (Wildman–Crippen MR) is 108 cm³/mol. The van der Waals surface area contributed by atoms with Crippen LogP contribution >= 0.6 is 0 Å².